The van der Waals surface area contributed by atoms with Crippen molar-refractivity contribution < 1.29 is 26.2 Å². The summed E-state index contributed by atoms with van der Waals surface area (Å²) in [6, 6.07) is 13.6. The van der Waals surface area contributed by atoms with Gasteiger partial charge in [-0.2, -0.15) is 17.2 Å². The van der Waals surface area contributed by atoms with Gasteiger partial charge >= 0.3 is 26.2 Å². The molecule has 0 N–H and O–H groups in total. The third-order valence-corrected chi connectivity index (χ3v) is 5.65. The maximum absolute atomic E-state index is 3.44. The molecular formula is C24H33NZr. The fourth-order valence-corrected chi connectivity index (χ4v) is 3.73. The van der Waals surface area contributed by atoms with Gasteiger partial charge in [0, 0.05) is 0 Å². The molecule has 1 aliphatic rings. The Kier molecular flexibility index (Phi) is 8.37. The van der Waals surface area contributed by atoms with Crippen molar-refractivity contribution in [2.45, 2.75) is 54.0 Å². The monoisotopic (exact) mass is 425 g/mol. The van der Waals surface area contributed by atoms with E-state index in [0.717, 1.165) is 6.42 Å². The molecule has 0 aliphatic heterocycles. The minimum Gasteiger partial charge on any atom is -0.311 e. The third kappa shape index (κ3) is 4.90. The fraction of sp³-hybridized carbons (Fsp3) is 0.458. The van der Waals surface area contributed by atoms with Crippen LogP contribution in [0.25, 0.3) is 10.8 Å². The molecule has 1 atom stereocenters. The first-order valence-electron chi connectivity index (χ1n) is 9.29. The summed E-state index contributed by atoms with van der Waals surface area (Å²) in [6.45, 7) is 13.2. The van der Waals surface area contributed by atoms with Crippen molar-refractivity contribution in [2.24, 2.45) is 5.41 Å². The van der Waals surface area contributed by atoms with E-state index >= 15 is 0 Å². The molecule has 0 saturated heterocycles. The molecule has 1 unspecified atom stereocenters. The quantitative estimate of drug-likeness (QED) is 0.495. The molecule has 0 aromatic heterocycles. The van der Waals surface area contributed by atoms with Crippen molar-refractivity contribution in [1.29, 1.82) is 0 Å². The van der Waals surface area contributed by atoms with Gasteiger partial charge in [0.2, 0.25) is 0 Å². The van der Waals surface area contributed by atoms with E-state index in [-0.39, 0.29) is 31.6 Å². The van der Waals surface area contributed by atoms with Crippen LogP contribution in [0.2, 0.25) is 0 Å². The van der Waals surface area contributed by atoms with Gasteiger partial charge in [-0.15, -0.1) is 47.5 Å². The Balaban J connectivity index is 0.000000270. The molecule has 138 valence electrons. The van der Waals surface area contributed by atoms with E-state index in [1.807, 2.05) is 0 Å². The number of hydrogen-bond acceptors (Lipinski definition) is 1. The molecule has 0 bridgehead atoms. The van der Waals surface area contributed by atoms with Gasteiger partial charge in [-0.1, -0.05) is 46.1 Å². The first-order valence-corrected chi connectivity index (χ1v) is 9.29. The molecule has 0 fully saturated rings. The number of fused-ring (bicyclic) bond motifs is 1. The van der Waals surface area contributed by atoms with Gasteiger partial charge in [0.05, 0.1) is 0 Å². The largest absolute Gasteiger partial charge is 2.00 e. The summed E-state index contributed by atoms with van der Waals surface area (Å²) in [5, 5.41) is 2.76. The molecule has 2 heteroatoms. The molecule has 1 nitrogen and oxygen atoms in total. The molecule has 0 heterocycles. The van der Waals surface area contributed by atoms with Gasteiger partial charge in [-0.3, -0.25) is 6.08 Å². The second-order valence-electron chi connectivity index (χ2n) is 7.89. The maximum atomic E-state index is 3.44. The van der Waals surface area contributed by atoms with Crippen molar-refractivity contribution in [3.8, 4) is 0 Å². The van der Waals surface area contributed by atoms with Crippen molar-refractivity contribution in [3.05, 3.63) is 64.8 Å². The average Bonchev–Trinajstić information content (AvgIpc) is 3.04. The summed E-state index contributed by atoms with van der Waals surface area (Å²) in [6.07, 6.45) is 4.59. The summed E-state index contributed by atoms with van der Waals surface area (Å²) in [7, 11) is 4.30. The summed E-state index contributed by atoms with van der Waals surface area (Å²) in [5.74, 6) is 0. The molecular weight excluding hydrogens is 393 g/mol. The van der Waals surface area contributed by atoms with E-state index < -0.39 is 0 Å². The van der Waals surface area contributed by atoms with Gasteiger partial charge in [-0.05, 0) is 26.6 Å². The minimum absolute atomic E-state index is 0. The van der Waals surface area contributed by atoms with Gasteiger partial charge in [-0.25, -0.2) is 5.57 Å². The Morgan fingerprint density at radius 1 is 1.08 bits per heavy atom. The number of hydrogen-bond donors (Lipinski definition) is 0. The van der Waals surface area contributed by atoms with E-state index in [1.54, 1.807) is 0 Å². The van der Waals surface area contributed by atoms with Crippen LogP contribution in [0.4, 0.5) is 0 Å². The topological polar surface area (TPSA) is 3.24 Å². The van der Waals surface area contributed by atoms with Crippen LogP contribution in [0.15, 0.2) is 53.1 Å². The third-order valence-electron chi connectivity index (χ3n) is 5.65. The minimum atomic E-state index is 0. The van der Waals surface area contributed by atoms with Crippen LogP contribution >= 0.6 is 0 Å². The predicted octanol–water partition coefficient (Wildman–Crippen LogP) is 6.68. The Morgan fingerprint density at radius 3 is 2.12 bits per heavy atom. The van der Waals surface area contributed by atoms with E-state index in [1.165, 1.54) is 33.1 Å². The number of allylic oxidation sites excluding steroid dienone is 4. The molecule has 0 saturated carbocycles. The predicted molar refractivity (Wildman–Crippen MR) is 111 cm³/mol. The fourth-order valence-electron chi connectivity index (χ4n) is 3.73. The SMILES string of the molecule is CC1=[C-]C(C)(C)C(C)=C1C.CCC([c-]1ccc2ccccc21)N(C)C.[Zr+2]. The summed E-state index contributed by atoms with van der Waals surface area (Å²) < 4.78 is 0. The Hall–Kier alpha value is -0.847. The number of rotatable bonds is 3. The normalized spacial score (nSPS) is 16.9. The zero-order valence-corrected chi connectivity index (χ0v) is 20.2. The van der Waals surface area contributed by atoms with E-state index in [4.69, 9.17) is 0 Å². The first-order chi connectivity index (χ1) is 11.7. The molecule has 26 heavy (non-hydrogen) atoms. The average molecular weight is 427 g/mol. The number of benzene rings is 1. The Bertz CT molecular complexity index is 789. The van der Waals surface area contributed by atoms with Gasteiger partial charge in [0.15, 0.2) is 0 Å². The van der Waals surface area contributed by atoms with Crippen LogP contribution in [0.5, 0.6) is 0 Å². The van der Waals surface area contributed by atoms with Crippen LogP contribution in [-0.4, -0.2) is 19.0 Å². The second-order valence-corrected chi connectivity index (χ2v) is 7.89. The van der Waals surface area contributed by atoms with Crippen LogP contribution in [0.1, 0.15) is 59.6 Å². The van der Waals surface area contributed by atoms with Crippen LogP contribution in [-0.2, 0) is 26.2 Å². The second kappa shape index (κ2) is 9.38. The van der Waals surface area contributed by atoms with Gasteiger partial charge in [0.1, 0.15) is 0 Å². The van der Waals surface area contributed by atoms with Crippen molar-refractivity contribution in [3.63, 3.8) is 0 Å². The van der Waals surface area contributed by atoms with Gasteiger partial charge < -0.3 is 4.90 Å². The summed E-state index contributed by atoms with van der Waals surface area (Å²) >= 11 is 0. The molecule has 3 rings (SSSR count). The van der Waals surface area contributed by atoms with E-state index in [2.05, 4.69) is 103 Å². The molecule has 0 amide bonds. The standard InChI is InChI=1S/C14H18N.C10H15.Zr/c1-4-14(15(2)3)13-10-9-11-7-5-6-8-12(11)13;1-7-6-10(4,5)9(3)8(7)2;/h5-10,14H,4H2,1-3H3;1-5H3;/q2*-1;+2. The smallest absolute Gasteiger partial charge is 0.311 e. The Morgan fingerprint density at radius 2 is 1.69 bits per heavy atom. The first kappa shape index (κ1) is 23.2. The molecule has 1 aliphatic carbocycles. The zero-order chi connectivity index (χ0) is 18.8. The van der Waals surface area contributed by atoms with Crippen molar-refractivity contribution in [1.82, 2.24) is 4.90 Å². The molecule has 0 radical (unpaired) electrons. The maximum Gasteiger partial charge on any atom is 2.00 e. The number of nitrogens with zero attached hydrogens (tertiary/aromatic N) is 1. The van der Waals surface area contributed by atoms with Crippen LogP contribution < -0.4 is 0 Å². The van der Waals surface area contributed by atoms with Gasteiger partial charge in [0.25, 0.3) is 0 Å². The summed E-state index contributed by atoms with van der Waals surface area (Å²) in [4.78, 5) is 2.29. The molecule has 0 spiro atoms. The van der Waals surface area contributed by atoms with E-state index in [9.17, 15) is 0 Å². The summed E-state index contributed by atoms with van der Waals surface area (Å²) in [5.41, 5.74) is 5.85. The van der Waals surface area contributed by atoms with Crippen molar-refractivity contribution >= 4 is 10.8 Å². The Labute approximate surface area is 179 Å². The van der Waals surface area contributed by atoms with Crippen molar-refractivity contribution in [2.75, 3.05) is 14.1 Å². The van der Waals surface area contributed by atoms with Crippen LogP contribution in [0, 0.1) is 11.5 Å². The van der Waals surface area contributed by atoms with E-state index in [0.29, 0.717) is 6.04 Å². The van der Waals surface area contributed by atoms with Crippen LogP contribution in [0.3, 0.4) is 0 Å². The zero-order valence-electron chi connectivity index (χ0n) is 17.7. The molecule has 2 aromatic rings. The molecule has 2 aromatic carbocycles.